The predicted octanol–water partition coefficient (Wildman–Crippen LogP) is 1.62. The van der Waals surface area contributed by atoms with Crippen molar-refractivity contribution in [2.45, 2.75) is 17.9 Å². The number of methoxy groups -OCH3 is 1. The highest BCUT2D eigenvalue weighted by Gasteiger charge is 2.13. The first-order chi connectivity index (χ1) is 13.9. The average Bonchev–Trinajstić information content (AvgIpc) is 2.74. The van der Waals surface area contributed by atoms with E-state index in [0.29, 0.717) is 24.8 Å². The molecule has 1 aromatic heterocycles. The van der Waals surface area contributed by atoms with Gasteiger partial charge in [-0.2, -0.15) is 0 Å². The summed E-state index contributed by atoms with van der Waals surface area (Å²) in [6.07, 6.45) is 2.71. The van der Waals surface area contributed by atoms with Gasteiger partial charge in [-0.15, -0.1) is 24.0 Å². The van der Waals surface area contributed by atoms with E-state index in [1.54, 1.807) is 20.2 Å². The molecule has 166 valence electrons. The van der Waals surface area contributed by atoms with E-state index in [9.17, 15) is 8.42 Å². The summed E-state index contributed by atoms with van der Waals surface area (Å²) < 4.78 is 37.8. The summed E-state index contributed by atoms with van der Waals surface area (Å²) in [5, 5.41) is 6.19. The van der Waals surface area contributed by atoms with Crippen molar-refractivity contribution in [2.24, 2.45) is 4.99 Å². The number of aliphatic imine (C=N–C) groups is 1. The Bertz CT molecular complexity index is 897. The third-order valence-electron chi connectivity index (χ3n) is 3.81. The molecule has 2 rings (SSSR count). The lowest BCUT2D eigenvalue weighted by molar-refractivity contribution is 0.223. The van der Waals surface area contributed by atoms with Crippen LogP contribution >= 0.6 is 24.0 Å². The van der Waals surface area contributed by atoms with Crippen LogP contribution in [-0.2, 0) is 10.0 Å². The van der Waals surface area contributed by atoms with Crippen LogP contribution in [0.3, 0.4) is 0 Å². The van der Waals surface area contributed by atoms with Gasteiger partial charge in [0.15, 0.2) is 5.96 Å². The smallest absolute Gasteiger partial charge is 0.242 e. The number of hydrogen-bond donors (Lipinski definition) is 3. The van der Waals surface area contributed by atoms with E-state index >= 15 is 0 Å². The summed E-state index contributed by atoms with van der Waals surface area (Å²) in [5.41, 5.74) is 0. The molecule has 0 radical (unpaired) electrons. The van der Waals surface area contributed by atoms with Crippen molar-refractivity contribution < 1.29 is 17.9 Å². The molecule has 1 unspecified atom stereocenters. The van der Waals surface area contributed by atoms with Gasteiger partial charge < -0.3 is 20.1 Å². The maximum absolute atomic E-state index is 12.1. The third kappa shape index (κ3) is 8.71. The molecule has 11 heteroatoms. The molecule has 0 spiro atoms. The molecule has 0 aliphatic rings. The number of rotatable bonds is 10. The Morgan fingerprint density at radius 2 is 1.93 bits per heavy atom. The van der Waals surface area contributed by atoms with E-state index < -0.39 is 10.0 Å². The highest BCUT2D eigenvalue weighted by atomic mass is 127. The Morgan fingerprint density at radius 3 is 2.60 bits per heavy atom. The summed E-state index contributed by atoms with van der Waals surface area (Å²) in [7, 11) is -0.325. The summed E-state index contributed by atoms with van der Waals surface area (Å²) in [4.78, 5) is 8.07. The highest BCUT2D eigenvalue weighted by molar-refractivity contribution is 14.0. The largest absolute Gasteiger partial charge is 0.497 e. The minimum atomic E-state index is -3.57. The standard InChI is InChI=1S/C19H27N5O4S.HI/c1-15(28-17-7-4-6-16(12-17)27-3)13-23-19(20-2)22-10-11-24-29(25,26)18-8-5-9-21-14-18;/h4-9,12,14-15,24H,10-11,13H2,1-3H3,(H2,20,22,23);1H. The van der Waals surface area contributed by atoms with Crippen LogP contribution in [0.4, 0.5) is 0 Å². The maximum atomic E-state index is 12.1. The number of halogens is 1. The summed E-state index contributed by atoms with van der Waals surface area (Å²) >= 11 is 0. The second-order valence-electron chi connectivity index (χ2n) is 6.07. The summed E-state index contributed by atoms with van der Waals surface area (Å²) in [6, 6.07) is 10.5. The minimum Gasteiger partial charge on any atom is -0.497 e. The van der Waals surface area contributed by atoms with Crippen LogP contribution < -0.4 is 24.8 Å². The van der Waals surface area contributed by atoms with E-state index in [4.69, 9.17) is 9.47 Å². The van der Waals surface area contributed by atoms with Crippen molar-refractivity contribution in [1.82, 2.24) is 20.3 Å². The van der Waals surface area contributed by atoms with Gasteiger partial charge in [0.2, 0.25) is 10.0 Å². The Balaban J connectivity index is 0.00000450. The zero-order chi connectivity index (χ0) is 21.1. The molecule has 30 heavy (non-hydrogen) atoms. The molecule has 0 saturated carbocycles. The van der Waals surface area contributed by atoms with Crippen molar-refractivity contribution in [1.29, 1.82) is 0 Å². The quantitative estimate of drug-likeness (QED) is 0.179. The molecule has 0 saturated heterocycles. The van der Waals surface area contributed by atoms with E-state index in [2.05, 4.69) is 25.3 Å². The maximum Gasteiger partial charge on any atom is 0.242 e. The molecule has 0 fully saturated rings. The molecule has 1 aromatic carbocycles. The number of nitrogens with zero attached hydrogens (tertiary/aromatic N) is 2. The first kappa shape index (κ1) is 25.9. The van der Waals surface area contributed by atoms with Gasteiger partial charge in [-0.1, -0.05) is 6.07 Å². The fourth-order valence-electron chi connectivity index (χ4n) is 2.37. The molecule has 0 bridgehead atoms. The summed E-state index contributed by atoms with van der Waals surface area (Å²) in [6.45, 7) is 3.01. The average molecular weight is 549 g/mol. The van der Waals surface area contributed by atoms with Gasteiger partial charge in [-0.05, 0) is 31.2 Å². The van der Waals surface area contributed by atoms with Crippen molar-refractivity contribution in [3.05, 3.63) is 48.8 Å². The number of guanidine groups is 1. The summed E-state index contributed by atoms with van der Waals surface area (Å²) in [5.74, 6) is 1.99. The van der Waals surface area contributed by atoms with Crippen LogP contribution in [-0.4, -0.2) is 59.3 Å². The second-order valence-corrected chi connectivity index (χ2v) is 7.84. The van der Waals surface area contributed by atoms with Crippen molar-refractivity contribution in [3.63, 3.8) is 0 Å². The van der Waals surface area contributed by atoms with E-state index in [1.807, 2.05) is 31.2 Å². The molecule has 3 N–H and O–H groups in total. The lowest BCUT2D eigenvalue weighted by atomic mass is 10.3. The molecule has 2 aromatic rings. The normalized spacial score (nSPS) is 12.4. The number of hydrogen-bond acceptors (Lipinski definition) is 6. The highest BCUT2D eigenvalue weighted by Crippen LogP contribution is 2.19. The van der Waals surface area contributed by atoms with Crippen molar-refractivity contribution >= 4 is 40.0 Å². The molecule has 9 nitrogen and oxygen atoms in total. The number of pyridine rings is 1. The fraction of sp³-hybridized carbons (Fsp3) is 0.368. The van der Waals surface area contributed by atoms with Gasteiger partial charge in [0, 0.05) is 38.6 Å². The molecule has 0 aliphatic carbocycles. The van der Waals surface area contributed by atoms with Crippen LogP contribution in [0.15, 0.2) is 58.7 Å². The number of ether oxygens (including phenoxy) is 2. The Labute approximate surface area is 194 Å². The van der Waals surface area contributed by atoms with Gasteiger partial charge in [-0.3, -0.25) is 9.98 Å². The van der Waals surface area contributed by atoms with E-state index in [1.165, 1.54) is 18.5 Å². The van der Waals surface area contributed by atoms with E-state index in [-0.39, 0.29) is 41.5 Å². The zero-order valence-electron chi connectivity index (χ0n) is 17.2. The van der Waals surface area contributed by atoms with Gasteiger partial charge in [0.25, 0.3) is 0 Å². The second kappa shape index (κ2) is 13.2. The Hall–Kier alpha value is -2.12. The molecule has 1 atom stereocenters. The third-order valence-corrected chi connectivity index (χ3v) is 5.26. The van der Waals surface area contributed by atoms with Gasteiger partial charge in [0.05, 0.1) is 13.7 Å². The Morgan fingerprint density at radius 1 is 1.17 bits per heavy atom. The lowest BCUT2D eigenvalue weighted by Gasteiger charge is -2.18. The molecule has 0 aliphatic heterocycles. The number of benzene rings is 1. The van der Waals surface area contributed by atoms with Crippen molar-refractivity contribution in [2.75, 3.05) is 33.8 Å². The monoisotopic (exact) mass is 549 g/mol. The van der Waals surface area contributed by atoms with Crippen LogP contribution in [0, 0.1) is 0 Å². The van der Waals surface area contributed by atoms with Crippen LogP contribution in [0.25, 0.3) is 0 Å². The molecular formula is C19H28IN5O4S. The van der Waals surface area contributed by atoms with Crippen LogP contribution in [0.2, 0.25) is 0 Å². The SMILES string of the molecule is CN=C(NCCNS(=O)(=O)c1cccnc1)NCC(C)Oc1cccc(OC)c1.I. The number of nitrogens with one attached hydrogen (secondary N) is 3. The first-order valence-electron chi connectivity index (χ1n) is 9.09. The van der Waals surface area contributed by atoms with E-state index in [0.717, 1.165) is 5.75 Å². The molecule has 1 heterocycles. The predicted molar refractivity (Wildman–Crippen MR) is 127 cm³/mol. The van der Waals surface area contributed by atoms with Gasteiger partial charge in [0.1, 0.15) is 22.5 Å². The van der Waals surface area contributed by atoms with Gasteiger partial charge >= 0.3 is 0 Å². The number of sulfonamides is 1. The van der Waals surface area contributed by atoms with Crippen LogP contribution in [0.1, 0.15) is 6.92 Å². The fourth-order valence-corrected chi connectivity index (χ4v) is 3.36. The Kier molecular flexibility index (Phi) is 11.4. The number of aromatic nitrogens is 1. The molecule has 0 amide bonds. The topological polar surface area (TPSA) is 114 Å². The lowest BCUT2D eigenvalue weighted by Crippen LogP contribution is -2.44. The first-order valence-corrected chi connectivity index (χ1v) is 10.6. The molecular weight excluding hydrogens is 521 g/mol. The van der Waals surface area contributed by atoms with Gasteiger partial charge in [-0.25, -0.2) is 13.1 Å². The van der Waals surface area contributed by atoms with Crippen molar-refractivity contribution in [3.8, 4) is 11.5 Å². The van der Waals surface area contributed by atoms with Crippen LogP contribution in [0.5, 0.6) is 11.5 Å². The minimum absolute atomic E-state index is 0. The zero-order valence-corrected chi connectivity index (χ0v) is 20.3.